The Kier molecular flexibility index (Phi) is 11.4. The van der Waals surface area contributed by atoms with Crippen molar-refractivity contribution in [1.29, 1.82) is 0 Å². The molecule has 0 aliphatic carbocycles. The van der Waals surface area contributed by atoms with Crippen LogP contribution >= 0.6 is 0 Å². The fourth-order valence-corrected chi connectivity index (χ4v) is 3.82. The number of morpholine rings is 1. The van der Waals surface area contributed by atoms with Gasteiger partial charge in [0.1, 0.15) is 18.4 Å². The molecule has 199 valence electrons. The van der Waals surface area contributed by atoms with E-state index in [1.54, 1.807) is 6.92 Å². The minimum atomic E-state index is -0.770. The van der Waals surface area contributed by atoms with Gasteiger partial charge in [-0.15, -0.1) is 0 Å². The lowest BCUT2D eigenvalue weighted by Gasteiger charge is -2.27. The number of nitrogens with one attached hydrogen (secondary N) is 2. The van der Waals surface area contributed by atoms with Crippen LogP contribution in [-0.4, -0.2) is 68.1 Å². The maximum Gasteiger partial charge on any atom is 0.242 e. The molecule has 1 radical (unpaired) electrons. The molecule has 2 unspecified atom stereocenters. The standard InChI is InChI=1S/C28H37N4O5/c1-21(27(29)34)7-12-26(33)31-25(28(35)30-13-14-32-15-17-36-18-16-32)19-22-8-10-24(11-9-22)37-20-23-5-3-2-4-6-23/h2-6,8-12,21,25H,7,13-20H2,1H3,(H2,29,34)(H,30,35)(H,31,33). The number of benzene rings is 2. The van der Waals surface area contributed by atoms with E-state index < -0.39 is 23.8 Å². The van der Waals surface area contributed by atoms with Gasteiger partial charge >= 0.3 is 0 Å². The quantitative estimate of drug-likeness (QED) is 0.354. The number of ether oxygens (including phenoxy) is 2. The smallest absolute Gasteiger partial charge is 0.242 e. The van der Waals surface area contributed by atoms with Gasteiger partial charge in [0, 0.05) is 38.5 Å². The first-order valence-corrected chi connectivity index (χ1v) is 12.7. The molecule has 4 N–H and O–H groups in total. The summed E-state index contributed by atoms with van der Waals surface area (Å²) in [4.78, 5) is 39.0. The van der Waals surface area contributed by atoms with Gasteiger partial charge < -0.3 is 25.8 Å². The molecule has 1 fully saturated rings. The highest BCUT2D eigenvalue weighted by molar-refractivity contribution is 5.91. The van der Waals surface area contributed by atoms with E-state index in [1.807, 2.05) is 54.6 Å². The van der Waals surface area contributed by atoms with E-state index in [-0.39, 0.29) is 12.3 Å². The van der Waals surface area contributed by atoms with Crippen molar-refractivity contribution in [3.8, 4) is 5.75 Å². The summed E-state index contributed by atoms with van der Waals surface area (Å²) in [6, 6.07) is 16.6. The highest BCUT2D eigenvalue weighted by Gasteiger charge is 2.22. The third-order valence-corrected chi connectivity index (χ3v) is 6.22. The van der Waals surface area contributed by atoms with Crippen LogP contribution in [0.4, 0.5) is 0 Å². The molecule has 0 bridgehead atoms. The molecule has 1 aliphatic rings. The molecule has 9 nitrogen and oxygen atoms in total. The number of primary amides is 1. The largest absolute Gasteiger partial charge is 0.489 e. The van der Waals surface area contributed by atoms with Gasteiger partial charge in [-0.05, 0) is 29.7 Å². The van der Waals surface area contributed by atoms with Gasteiger partial charge in [0.15, 0.2) is 0 Å². The Hall–Kier alpha value is -3.43. The average Bonchev–Trinajstić information content (AvgIpc) is 2.92. The molecule has 0 aromatic heterocycles. The van der Waals surface area contributed by atoms with Crippen LogP contribution in [-0.2, 0) is 32.1 Å². The maximum atomic E-state index is 13.0. The Morgan fingerprint density at radius 3 is 2.43 bits per heavy atom. The number of hydrogen-bond donors (Lipinski definition) is 3. The zero-order chi connectivity index (χ0) is 26.5. The SMILES string of the molecule is CC(C[CH]C(=O)NC(Cc1ccc(OCc2ccccc2)cc1)C(=O)NCCN1CCOCC1)C(N)=O. The lowest BCUT2D eigenvalue weighted by atomic mass is 10.0. The summed E-state index contributed by atoms with van der Waals surface area (Å²) < 4.78 is 11.2. The van der Waals surface area contributed by atoms with Crippen LogP contribution in [0, 0.1) is 12.3 Å². The second kappa shape index (κ2) is 15.0. The number of nitrogens with zero attached hydrogens (tertiary/aromatic N) is 1. The number of nitrogens with two attached hydrogens (primary N) is 1. The van der Waals surface area contributed by atoms with Gasteiger partial charge in [0.05, 0.1) is 19.6 Å². The summed E-state index contributed by atoms with van der Waals surface area (Å²) in [5, 5.41) is 5.73. The third-order valence-electron chi connectivity index (χ3n) is 6.22. The number of carbonyl (C=O) groups excluding carboxylic acids is 3. The van der Waals surface area contributed by atoms with Crippen molar-refractivity contribution in [2.75, 3.05) is 39.4 Å². The van der Waals surface area contributed by atoms with Crippen LogP contribution in [0.15, 0.2) is 54.6 Å². The maximum absolute atomic E-state index is 13.0. The fraction of sp³-hybridized carbons (Fsp3) is 0.429. The predicted molar refractivity (Wildman–Crippen MR) is 140 cm³/mol. The highest BCUT2D eigenvalue weighted by Crippen LogP contribution is 2.16. The molecule has 2 aromatic rings. The van der Waals surface area contributed by atoms with Crippen molar-refractivity contribution >= 4 is 17.7 Å². The molecule has 1 aliphatic heterocycles. The minimum Gasteiger partial charge on any atom is -0.489 e. The van der Waals surface area contributed by atoms with Gasteiger partial charge in [0.2, 0.25) is 17.7 Å². The van der Waals surface area contributed by atoms with Crippen molar-refractivity contribution in [2.24, 2.45) is 11.7 Å². The van der Waals surface area contributed by atoms with E-state index in [9.17, 15) is 14.4 Å². The first-order chi connectivity index (χ1) is 17.9. The van der Waals surface area contributed by atoms with Gasteiger partial charge in [-0.3, -0.25) is 19.3 Å². The summed E-state index contributed by atoms with van der Waals surface area (Å²) in [7, 11) is 0. The molecular weight excluding hydrogens is 472 g/mol. The Morgan fingerprint density at radius 2 is 1.76 bits per heavy atom. The molecule has 1 saturated heterocycles. The second-order valence-electron chi connectivity index (χ2n) is 9.17. The first-order valence-electron chi connectivity index (χ1n) is 12.7. The zero-order valence-electron chi connectivity index (χ0n) is 21.4. The zero-order valence-corrected chi connectivity index (χ0v) is 21.4. The summed E-state index contributed by atoms with van der Waals surface area (Å²) in [6.45, 7) is 6.36. The summed E-state index contributed by atoms with van der Waals surface area (Å²) in [6.07, 6.45) is 1.89. The van der Waals surface area contributed by atoms with Crippen LogP contribution in [0.2, 0.25) is 0 Å². The molecular formula is C28H37N4O5. The molecule has 2 aromatic carbocycles. The summed E-state index contributed by atoms with van der Waals surface area (Å²) >= 11 is 0. The van der Waals surface area contributed by atoms with Crippen molar-refractivity contribution in [1.82, 2.24) is 15.5 Å². The predicted octanol–water partition coefficient (Wildman–Crippen LogP) is 1.46. The molecule has 1 heterocycles. The van der Waals surface area contributed by atoms with Crippen molar-refractivity contribution < 1.29 is 23.9 Å². The lowest BCUT2D eigenvalue weighted by molar-refractivity contribution is -0.128. The Balaban J connectivity index is 1.56. The molecule has 3 amide bonds. The normalized spacial score (nSPS) is 15.4. The minimum absolute atomic E-state index is 0.208. The van der Waals surface area contributed by atoms with Crippen LogP contribution in [0.25, 0.3) is 0 Å². The van der Waals surface area contributed by atoms with E-state index in [1.165, 1.54) is 6.42 Å². The van der Waals surface area contributed by atoms with Crippen LogP contribution < -0.4 is 21.1 Å². The van der Waals surface area contributed by atoms with E-state index in [0.717, 1.165) is 30.0 Å². The van der Waals surface area contributed by atoms with Gasteiger partial charge in [0.25, 0.3) is 0 Å². The van der Waals surface area contributed by atoms with E-state index in [0.29, 0.717) is 39.3 Å². The van der Waals surface area contributed by atoms with Gasteiger partial charge in [-0.25, -0.2) is 0 Å². The van der Waals surface area contributed by atoms with Crippen LogP contribution in [0.3, 0.4) is 0 Å². The number of rotatable bonds is 14. The van der Waals surface area contributed by atoms with Gasteiger partial charge in [-0.1, -0.05) is 49.4 Å². The van der Waals surface area contributed by atoms with Crippen molar-refractivity contribution in [3.63, 3.8) is 0 Å². The Morgan fingerprint density at radius 1 is 1.05 bits per heavy atom. The van der Waals surface area contributed by atoms with Crippen LogP contribution in [0.5, 0.6) is 5.75 Å². The number of hydrogen-bond acceptors (Lipinski definition) is 6. The molecule has 0 spiro atoms. The Bertz CT molecular complexity index is 993. The van der Waals surface area contributed by atoms with Gasteiger partial charge in [-0.2, -0.15) is 0 Å². The number of carbonyl (C=O) groups is 3. The molecule has 37 heavy (non-hydrogen) atoms. The summed E-state index contributed by atoms with van der Waals surface area (Å²) in [5.41, 5.74) is 7.23. The Labute approximate surface area is 218 Å². The fourth-order valence-electron chi connectivity index (χ4n) is 3.82. The monoisotopic (exact) mass is 509 g/mol. The molecule has 3 rings (SSSR count). The second-order valence-corrected chi connectivity index (χ2v) is 9.17. The van der Waals surface area contributed by atoms with E-state index in [2.05, 4.69) is 15.5 Å². The molecule has 0 saturated carbocycles. The van der Waals surface area contributed by atoms with Crippen LogP contribution in [0.1, 0.15) is 24.5 Å². The van der Waals surface area contributed by atoms with E-state index in [4.69, 9.17) is 15.2 Å². The first kappa shape index (κ1) is 28.1. The average molecular weight is 510 g/mol. The lowest BCUT2D eigenvalue weighted by Crippen LogP contribution is -2.50. The molecule has 2 atom stereocenters. The highest BCUT2D eigenvalue weighted by atomic mass is 16.5. The topological polar surface area (TPSA) is 123 Å². The van der Waals surface area contributed by atoms with Crippen molar-refractivity contribution in [2.45, 2.75) is 32.4 Å². The van der Waals surface area contributed by atoms with Crippen molar-refractivity contribution in [3.05, 3.63) is 72.1 Å². The molecule has 9 heteroatoms. The third kappa shape index (κ3) is 10.2. The summed E-state index contributed by atoms with van der Waals surface area (Å²) in [5.74, 6) is -0.894. The van der Waals surface area contributed by atoms with E-state index >= 15 is 0 Å². The number of amides is 3.